The fourth-order valence-electron chi connectivity index (χ4n) is 4.48. The van der Waals surface area contributed by atoms with Crippen LogP contribution in [0, 0.1) is 11.6 Å². The van der Waals surface area contributed by atoms with E-state index in [4.69, 9.17) is 14.2 Å². The summed E-state index contributed by atoms with van der Waals surface area (Å²) in [6.07, 6.45) is -5.05. The van der Waals surface area contributed by atoms with E-state index in [0.29, 0.717) is 40.6 Å². The van der Waals surface area contributed by atoms with Crippen molar-refractivity contribution in [1.82, 2.24) is 10.3 Å². The van der Waals surface area contributed by atoms with Gasteiger partial charge in [0, 0.05) is 29.7 Å². The van der Waals surface area contributed by atoms with Crippen molar-refractivity contribution >= 4 is 28.8 Å². The fraction of sp³-hybridized carbons (Fsp3) is 0.452. The number of carbonyl (C=O) groups is 2. The summed E-state index contributed by atoms with van der Waals surface area (Å²) in [4.78, 5) is 31.1. The lowest BCUT2D eigenvalue weighted by Crippen LogP contribution is -2.46. The van der Waals surface area contributed by atoms with Crippen LogP contribution in [0.15, 0.2) is 42.6 Å². The van der Waals surface area contributed by atoms with Gasteiger partial charge in [0.15, 0.2) is 0 Å². The van der Waals surface area contributed by atoms with Crippen LogP contribution in [0.3, 0.4) is 0 Å². The van der Waals surface area contributed by atoms with E-state index in [-0.39, 0.29) is 29.7 Å². The molecule has 8 nitrogen and oxygen atoms in total. The molecule has 2 aromatic carbocycles. The summed E-state index contributed by atoms with van der Waals surface area (Å²) in [5, 5.41) is 4.14. The van der Waals surface area contributed by atoms with E-state index < -0.39 is 52.9 Å². The minimum Gasteiger partial charge on any atom is -0.490 e. The number of rotatable bonds is 6. The highest BCUT2D eigenvalue weighted by molar-refractivity contribution is 6.09. The highest BCUT2D eigenvalue weighted by Crippen LogP contribution is 2.35. The lowest BCUT2D eigenvalue weighted by atomic mass is 9.89. The number of benzene rings is 2. The van der Waals surface area contributed by atoms with Gasteiger partial charge in [-0.3, -0.25) is 0 Å². The van der Waals surface area contributed by atoms with Gasteiger partial charge in [0.1, 0.15) is 40.5 Å². The highest BCUT2D eigenvalue weighted by atomic mass is 19.4. The number of pyridine rings is 1. The SMILES string of the molecule is CC(C)(C)OC(=O)N(C(=O)OC(C)(C)C)c1cc2c(CNC3CC(Oc4ccc(F)c(C(F)(F)F)c4)C3)c(F)ccc2cn1. The molecule has 3 aromatic rings. The van der Waals surface area contributed by atoms with Crippen molar-refractivity contribution in [3.63, 3.8) is 0 Å². The normalized spacial score (nSPS) is 17.2. The molecule has 1 aliphatic rings. The first-order chi connectivity index (χ1) is 20.3. The van der Waals surface area contributed by atoms with Gasteiger partial charge in [0.05, 0.1) is 5.56 Å². The second-order valence-electron chi connectivity index (χ2n) is 12.5. The van der Waals surface area contributed by atoms with Crippen molar-refractivity contribution in [2.75, 3.05) is 4.90 Å². The molecule has 2 amide bonds. The smallest absolute Gasteiger partial charge is 0.425 e. The molecule has 44 heavy (non-hydrogen) atoms. The van der Waals surface area contributed by atoms with Crippen LogP contribution in [0.5, 0.6) is 5.75 Å². The number of amides is 2. The van der Waals surface area contributed by atoms with Crippen LogP contribution in [-0.4, -0.2) is 40.5 Å². The number of anilines is 1. The molecule has 1 aliphatic carbocycles. The standard InChI is InChI=1S/C31H34F5N3O5/c1-29(2,3)43-27(40)39(28(41)44-30(4,5)6)26-14-21-17(15-38-26)7-9-24(32)22(21)16-37-18-11-20(12-18)42-19-8-10-25(33)23(13-19)31(34,35)36/h7-10,13-15,18,20,37H,11-12,16H2,1-6H3. The van der Waals surface area contributed by atoms with Gasteiger partial charge in [-0.25, -0.2) is 23.4 Å². The number of halogens is 5. The Morgan fingerprint density at radius 2 is 1.50 bits per heavy atom. The first kappa shape index (κ1) is 32.9. The van der Waals surface area contributed by atoms with Crippen LogP contribution in [0.4, 0.5) is 37.4 Å². The summed E-state index contributed by atoms with van der Waals surface area (Å²) in [5.74, 6) is -2.14. The molecule has 4 rings (SSSR count). The Balaban J connectivity index is 1.50. The molecule has 0 radical (unpaired) electrons. The fourth-order valence-corrected chi connectivity index (χ4v) is 4.48. The molecule has 1 heterocycles. The second-order valence-corrected chi connectivity index (χ2v) is 12.5. The van der Waals surface area contributed by atoms with Gasteiger partial charge in [-0.1, -0.05) is 0 Å². The molecule has 0 spiro atoms. The zero-order valence-corrected chi connectivity index (χ0v) is 25.1. The molecule has 1 fully saturated rings. The molecule has 1 N–H and O–H groups in total. The molecule has 238 valence electrons. The first-order valence-corrected chi connectivity index (χ1v) is 13.9. The van der Waals surface area contributed by atoms with E-state index in [2.05, 4.69) is 10.3 Å². The number of nitrogens with zero attached hydrogens (tertiary/aromatic N) is 2. The summed E-state index contributed by atoms with van der Waals surface area (Å²) >= 11 is 0. The summed E-state index contributed by atoms with van der Waals surface area (Å²) in [6.45, 7) is 9.89. The predicted molar refractivity (Wildman–Crippen MR) is 152 cm³/mol. The van der Waals surface area contributed by atoms with Gasteiger partial charge in [-0.15, -0.1) is 0 Å². The number of nitrogens with one attached hydrogen (secondary N) is 1. The van der Waals surface area contributed by atoms with Gasteiger partial charge in [0.25, 0.3) is 0 Å². The molecule has 0 unspecified atom stereocenters. The van der Waals surface area contributed by atoms with Gasteiger partial charge in [0.2, 0.25) is 0 Å². The van der Waals surface area contributed by atoms with Gasteiger partial charge < -0.3 is 19.5 Å². The van der Waals surface area contributed by atoms with Crippen LogP contribution >= 0.6 is 0 Å². The van der Waals surface area contributed by atoms with E-state index in [1.54, 1.807) is 41.5 Å². The van der Waals surface area contributed by atoms with E-state index in [0.717, 1.165) is 6.07 Å². The summed E-state index contributed by atoms with van der Waals surface area (Å²) in [6, 6.07) is 6.54. The van der Waals surface area contributed by atoms with Crippen molar-refractivity contribution in [3.05, 3.63) is 65.4 Å². The monoisotopic (exact) mass is 623 g/mol. The van der Waals surface area contributed by atoms with Crippen LogP contribution in [0.25, 0.3) is 10.8 Å². The molecule has 13 heteroatoms. The van der Waals surface area contributed by atoms with Gasteiger partial charge in [-0.05, 0) is 96.2 Å². The minimum absolute atomic E-state index is 0.0532. The topological polar surface area (TPSA) is 90.0 Å². The van der Waals surface area contributed by atoms with Crippen LogP contribution in [-0.2, 0) is 22.2 Å². The Hall–Kier alpha value is -4.00. The maximum atomic E-state index is 15.1. The Morgan fingerprint density at radius 1 is 0.909 bits per heavy atom. The minimum atomic E-state index is -4.85. The summed E-state index contributed by atoms with van der Waals surface area (Å²) in [7, 11) is 0. The van der Waals surface area contributed by atoms with Gasteiger partial charge >= 0.3 is 18.4 Å². The van der Waals surface area contributed by atoms with Crippen molar-refractivity contribution < 1.29 is 45.8 Å². The average molecular weight is 624 g/mol. The number of hydrogen-bond acceptors (Lipinski definition) is 7. The number of alkyl halides is 3. The Labute approximate surface area is 251 Å². The average Bonchev–Trinajstić information content (AvgIpc) is 2.84. The number of ether oxygens (including phenoxy) is 3. The molecule has 0 aliphatic heterocycles. The number of imide groups is 1. The number of hydrogen-bond donors (Lipinski definition) is 1. The maximum Gasteiger partial charge on any atom is 0.425 e. The molecule has 0 bridgehead atoms. The zero-order valence-electron chi connectivity index (χ0n) is 25.1. The second kappa shape index (κ2) is 12.2. The van der Waals surface area contributed by atoms with Crippen LogP contribution < -0.4 is 15.0 Å². The van der Waals surface area contributed by atoms with E-state index >= 15 is 4.39 Å². The quantitative estimate of drug-likeness (QED) is 0.279. The summed E-state index contributed by atoms with van der Waals surface area (Å²) in [5.41, 5.74) is -3.02. The van der Waals surface area contributed by atoms with Crippen molar-refractivity contribution in [2.24, 2.45) is 0 Å². The molecule has 1 aromatic heterocycles. The molecular formula is C31H34F5N3O5. The molecule has 1 saturated carbocycles. The summed E-state index contributed by atoms with van der Waals surface area (Å²) < 4.78 is 84.2. The van der Waals surface area contributed by atoms with E-state index in [1.165, 1.54) is 24.4 Å². The predicted octanol–water partition coefficient (Wildman–Crippen LogP) is 7.91. The molecular weight excluding hydrogens is 589 g/mol. The van der Waals surface area contributed by atoms with E-state index in [1.807, 2.05) is 0 Å². The Kier molecular flexibility index (Phi) is 9.11. The van der Waals surface area contributed by atoms with E-state index in [9.17, 15) is 27.2 Å². The number of aromatic nitrogens is 1. The van der Waals surface area contributed by atoms with Crippen molar-refractivity contribution in [2.45, 2.75) is 90.5 Å². The van der Waals surface area contributed by atoms with Crippen molar-refractivity contribution in [1.29, 1.82) is 0 Å². The zero-order chi connectivity index (χ0) is 32.6. The molecule has 0 saturated heterocycles. The Bertz CT molecular complexity index is 1510. The third-order valence-electron chi connectivity index (χ3n) is 6.53. The van der Waals surface area contributed by atoms with Gasteiger partial charge in [-0.2, -0.15) is 18.1 Å². The third-order valence-corrected chi connectivity index (χ3v) is 6.53. The molecule has 0 atom stereocenters. The van der Waals surface area contributed by atoms with Crippen LogP contribution in [0.2, 0.25) is 0 Å². The number of carbonyl (C=O) groups excluding carboxylic acids is 2. The highest BCUT2D eigenvalue weighted by Gasteiger charge is 2.36. The van der Waals surface area contributed by atoms with Crippen molar-refractivity contribution in [3.8, 4) is 5.75 Å². The largest absolute Gasteiger partial charge is 0.490 e. The third kappa shape index (κ3) is 8.13. The van der Waals surface area contributed by atoms with Crippen LogP contribution in [0.1, 0.15) is 65.5 Å². The lowest BCUT2D eigenvalue weighted by molar-refractivity contribution is -0.140. The first-order valence-electron chi connectivity index (χ1n) is 13.9. The maximum absolute atomic E-state index is 15.1. The lowest BCUT2D eigenvalue weighted by Gasteiger charge is -2.36. The number of fused-ring (bicyclic) bond motifs is 1. The Morgan fingerprint density at radius 3 is 2.07 bits per heavy atom.